The number of nitro groups is 1. The predicted molar refractivity (Wildman–Crippen MR) is 97.5 cm³/mol. The summed E-state index contributed by atoms with van der Waals surface area (Å²) in [5.41, 5.74) is 0.632. The van der Waals surface area contributed by atoms with Crippen molar-refractivity contribution in [3.63, 3.8) is 0 Å². The predicted octanol–water partition coefficient (Wildman–Crippen LogP) is 4.79. The molecule has 0 N–H and O–H groups in total. The molecule has 1 amide bonds. The molecule has 2 aromatic carbocycles. The summed E-state index contributed by atoms with van der Waals surface area (Å²) in [6.45, 7) is 1.31. The Bertz CT molecular complexity index is 948. The Morgan fingerprint density at radius 2 is 1.92 bits per heavy atom. The van der Waals surface area contributed by atoms with Crippen LogP contribution in [0.1, 0.15) is 24.3 Å². The molecule has 0 aromatic heterocycles. The third-order valence-corrected chi connectivity index (χ3v) is 4.46. The van der Waals surface area contributed by atoms with Crippen LogP contribution in [0.4, 0.5) is 5.69 Å². The van der Waals surface area contributed by atoms with E-state index in [-0.39, 0.29) is 16.6 Å². The summed E-state index contributed by atoms with van der Waals surface area (Å²) in [4.78, 5) is 22.3. The van der Waals surface area contributed by atoms with Gasteiger partial charge in [-0.2, -0.15) is 5.01 Å². The number of hydrogen-bond donors (Lipinski definition) is 0. The van der Waals surface area contributed by atoms with Gasteiger partial charge in [0.1, 0.15) is 0 Å². The van der Waals surface area contributed by atoms with Gasteiger partial charge in [-0.25, -0.2) is 0 Å². The van der Waals surface area contributed by atoms with Gasteiger partial charge in [-0.1, -0.05) is 34.8 Å². The third-order valence-electron chi connectivity index (χ3n) is 3.59. The zero-order chi connectivity index (χ0) is 19.0. The molecule has 2 aromatic rings. The highest BCUT2D eigenvalue weighted by Gasteiger charge is 2.35. The number of carbonyl (C=O) groups excluding carboxylic acids is 1. The van der Waals surface area contributed by atoms with Crippen LogP contribution >= 0.6 is 34.8 Å². The number of rotatable bonds is 3. The van der Waals surface area contributed by atoms with Crippen molar-refractivity contribution in [1.82, 2.24) is 5.01 Å². The molecule has 0 spiro atoms. The summed E-state index contributed by atoms with van der Waals surface area (Å²) in [5, 5.41) is 16.9. The average Bonchev–Trinajstić information content (AvgIpc) is 2.99. The van der Waals surface area contributed by atoms with Crippen LogP contribution in [0, 0.1) is 10.1 Å². The number of non-ortho nitro benzene ring substituents is 1. The van der Waals surface area contributed by atoms with Gasteiger partial charge in [-0.3, -0.25) is 14.9 Å². The van der Waals surface area contributed by atoms with Gasteiger partial charge >= 0.3 is 0 Å². The van der Waals surface area contributed by atoms with Crippen LogP contribution in [0.2, 0.25) is 15.1 Å². The molecule has 26 heavy (non-hydrogen) atoms. The summed E-state index contributed by atoms with van der Waals surface area (Å²) in [7, 11) is 0. The van der Waals surface area contributed by atoms with E-state index in [4.69, 9.17) is 39.5 Å². The number of nitrogens with zero attached hydrogens (tertiary/aromatic N) is 3. The second-order valence-electron chi connectivity index (χ2n) is 5.33. The Labute approximate surface area is 162 Å². The first-order valence-corrected chi connectivity index (χ1v) is 8.35. The molecule has 134 valence electrons. The van der Waals surface area contributed by atoms with Gasteiger partial charge in [0.05, 0.1) is 20.5 Å². The van der Waals surface area contributed by atoms with E-state index in [0.717, 1.165) is 5.01 Å². The van der Waals surface area contributed by atoms with Crippen molar-refractivity contribution in [3.8, 4) is 0 Å². The number of halogens is 3. The number of ether oxygens (including phenoxy) is 1. The molecule has 3 rings (SSSR count). The minimum atomic E-state index is -0.970. The van der Waals surface area contributed by atoms with Gasteiger partial charge in [0.25, 0.3) is 5.69 Å². The number of carbonyl (C=O) groups is 1. The monoisotopic (exact) mass is 413 g/mol. The lowest BCUT2D eigenvalue weighted by atomic mass is 10.1. The minimum absolute atomic E-state index is 0.0779. The summed E-state index contributed by atoms with van der Waals surface area (Å²) in [5.74, 6) is -0.286. The van der Waals surface area contributed by atoms with E-state index in [1.165, 1.54) is 31.2 Å². The van der Waals surface area contributed by atoms with E-state index in [9.17, 15) is 14.9 Å². The minimum Gasteiger partial charge on any atom is -0.446 e. The van der Waals surface area contributed by atoms with Crippen LogP contribution in [0.5, 0.6) is 0 Å². The molecule has 10 heteroatoms. The Hall–Kier alpha value is -2.35. The van der Waals surface area contributed by atoms with Crippen molar-refractivity contribution < 1.29 is 14.5 Å². The highest BCUT2D eigenvalue weighted by molar-refractivity contribution is 6.36. The molecule has 0 bridgehead atoms. The van der Waals surface area contributed by atoms with E-state index in [1.54, 1.807) is 12.1 Å². The standard InChI is InChI=1S/C16H10Cl3N3O4/c1-8(23)21-16(12-5-3-10(22(24)25)7-14(12)19)26-15(20-21)11-4-2-9(17)6-13(11)18/h2-7,16H,1H3/t16-/m0/s1. The molecule has 7 nitrogen and oxygen atoms in total. The fourth-order valence-electron chi connectivity index (χ4n) is 2.37. The highest BCUT2D eigenvalue weighted by Crippen LogP contribution is 2.37. The molecule has 1 atom stereocenters. The number of nitro benzene ring substituents is 1. The van der Waals surface area contributed by atoms with Crippen LogP contribution in [0.3, 0.4) is 0 Å². The SMILES string of the molecule is CC(=O)N1N=C(c2ccc(Cl)cc2Cl)O[C@H]1c1ccc([N+](=O)[O-])cc1Cl. The molecule has 0 aliphatic carbocycles. The first-order valence-electron chi connectivity index (χ1n) is 7.22. The lowest BCUT2D eigenvalue weighted by Gasteiger charge is -2.20. The highest BCUT2D eigenvalue weighted by atomic mass is 35.5. The summed E-state index contributed by atoms with van der Waals surface area (Å²) in [6.07, 6.45) is -0.970. The van der Waals surface area contributed by atoms with Gasteiger partial charge in [0, 0.05) is 29.6 Å². The van der Waals surface area contributed by atoms with Crippen molar-refractivity contribution in [2.45, 2.75) is 13.2 Å². The topological polar surface area (TPSA) is 85.0 Å². The zero-order valence-corrected chi connectivity index (χ0v) is 15.4. The molecular formula is C16H10Cl3N3O4. The fraction of sp³-hybridized carbons (Fsp3) is 0.125. The van der Waals surface area contributed by atoms with Crippen molar-refractivity contribution in [2.75, 3.05) is 0 Å². The van der Waals surface area contributed by atoms with Crippen molar-refractivity contribution in [3.05, 3.63) is 72.7 Å². The number of hydrazone groups is 1. The van der Waals surface area contributed by atoms with Crippen molar-refractivity contribution in [1.29, 1.82) is 0 Å². The van der Waals surface area contributed by atoms with Crippen LogP contribution in [-0.2, 0) is 9.53 Å². The van der Waals surface area contributed by atoms with Gasteiger partial charge in [-0.15, -0.1) is 5.10 Å². The maximum absolute atomic E-state index is 12.0. The molecule has 1 aliphatic heterocycles. The maximum atomic E-state index is 12.0. The molecular weight excluding hydrogens is 405 g/mol. The number of hydrogen-bond acceptors (Lipinski definition) is 5. The number of amides is 1. The van der Waals surface area contributed by atoms with Crippen LogP contribution in [-0.4, -0.2) is 21.7 Å². The molecule has 1 heterocycles. The molecule has 0 saturated heterocycles. The average molecular weight is 415 g/mol. The van der Waals surface area contributed by atoms with Gasteiger partial charge in [-0.05, 0) is 24.3 Å². The first kappa shape index (κ1) is 18.4. The molecule has 0 saturated carbocycles. The molecule has 0 radical (unpaired) electrons. The Kier molecular flexibility index (Phi) is 5.04. The normalized spacial score (nSPS) is 16.2. The zero-order valence-electron chi connectivity index (χ0n) is 13.1. The van der Waals surface area contributed by atoms with Crippen molar-refractivity contribution >= 4 is 52.3 Å². The second kappa shape index (κ2) is 7.11. The van der Waals surface area contributed by atoms with E-state index in [0.29, 0.717) is 21.2 Å². The van der Waals surface area contributed by atoms with E-state index >= 15 is 0 Å². The first-order chi connectivity index (χ1) is 12.3. The lowest BCUT2D eigenvalue weighted by Crippen LogP contribution is -2.25. The summed E-state index contributed by atoms with van der Waals surface area (Å²) in [6, 6.07) is 8.63. The quantitative estimate of drug-likeness (QED) is 0.533. The smallest absolute Gasteiger partial charge is 0.270 e. The largest absolute Gasteiger partial charge is 0.446 e. The van der Waals surface area contributed by atoms with Crippen LogP contribution in [0.25, 0.3) is 0 Å². The third kappa shape index (κ3) is 3.46. The van der Waals surface area contributed by atoms with E-state index in [2.05, 4.69) is 5.10 Å². The Morgan fingerprint density at radius 1 is 1.19 bits per heavy atom. The molecule has 0 unspecified atom stereocenters. The number of benzene rings is 2. The van der Waals surface area contributed by atoms with Crippen LogP contribution < -0.4 is 0 Å². The van der Waals surface area contributed by atoms with Gasteiger partial charge in [0.15, 0.2) is 0 Å². The van der Waals surface area contributed by atoms with Gasteiger partial charge in [0.2, 0.25) is 18.0 Å². The second-order valence-corrected chi connectivity index (χ2v) is 6.58. The lowest BCUT2D eigenvalue weighted by molar-refractivity contribution is -0.384. The fourth-order valence-corrected chi connectivity index (χ4v) is 3.13. The van der Waals surface area contributed by atoms with Gasteiger partial charge < -0.3 is 4.74 Å². The Morgan fingerprint density at radius 3 is 2.50 bits per heavy atom. The Balaban J connectivity index is 1.99. The maximum Gasteiger partial charge on any atom is 0.270 e. The molecule has 1 aliphatic rings. The molecule has 0 fully saturated rings. The van der Waals surface area contributed by atoms with Crippen LogP contribution in [0.15, 0.2) is 41.5 Å². The summed E-state index contributed by atoms with van der Waals surface area (Å²) < 4.78 is 5.78. The van der Waals surface area contributed by atoms with E-state index in [1.807, 2.05) is 0 Å². The van der Waals surface area contributed by atoms with Crippen molar-refractivity contribution in [2.24, 2.45) is 5.10 Å². The summed E-state index contributed by atoms with van der Waals surface area (Å²) >= 11 is 18.2. The van der Waals surface area contributed by atoms with E-state index < -0.39 is 17.1 Å².